The number of aliphatic hydroxyl groups excluding tert-OH is 1. The lowest BCUT2D eigenvalue weighted by Crippen LogP contribution is -2.27. The highest BCUT2D eigenvalue weighted by atomic mass is 16.3. The van der Waals surface area contributed by atoms with Gasteiger partial charge in [0.2, 0.25) is 0 Å². The van der Waals surface area contributed by atoms with Crippen LogP contribution in [0.25, 0.3) is 0 Å². The summed E-state index contributed by atoms with van der Waals surface area (Å²) in [6, 6.07) is 0.703. The molecule has 1 rings (SSSR count). The van der Waals surface area contributed by atoms with Crippen molar-refractivity contribution in [3.63, 3.8) is 0 Å². The maximum absolute atomic E-state index is 8.88. The molecule has 1 atom stereocenters. The van der Waals surface area contributed by atoms with Crippen LogP contribution in [0.15, 0.2) is 12.3 Å². The topological polar surface area (TPSA) is 23.5 Å². The number of nitrogens with zero attached hydrogens (tertiary/aromatic N) is 1. The lowest BCUT2D eigenvalue weighted by atomic mass is 10.2. The molecule has 0 saturated carbocycles. The van der Waals surface area contributed by atoms with Crippen molar-refractivity contribution in [2.24, 2.45) is 0 Å². The normalized spacial score (nSPS) is 25.7. The number of rotatable bonds is 3. The summed E-state index contributed by atoms with van der Waals surface area (Å²) < 4.78 is 0. The Balaban J connectivity index is 2.20. The lowest BCUT2D eigenvalue weighted by molar-refractivity contribution is 0.255. The van der Waals surface area contributed by atoms with Gasteiger partial charge in [-0.3, -0.25) is 0 Å². The first kappa shape index (κ1) is 8.60. The second kappa shape index (κ2) is 3.77. The van der Waals surface area contributed by atoms with Crippen LogP contribution >= 0.6 is 0 Å². The molecule has 0 aliphatic carbocycles. The summed E-state index contributed by atoms with van der Waals surface area (Å²) in [6.45, 7) is 7.87. The maximum Gasteiger partial charge on any atom is 0.0863 e. The van der Waals surface area contributed by atoms with Gasteiger partial charge in [-0.2, -0.15) is 0 Å². The van der Waals surface area contributed by atoms with E-state index in [1.165, 1.54) is 19.4 Å². The summed E-state index contributed by atoms with van der Waals surface area (Å²) in [7, 11) is 0. The summed E-state index contributed by atoms with van der Waals surface area (Å²) in [5.74, 6) is 0.309. The van der Waals surface area contributed by atoms with E-state index >= 15 is 0 Å². The standard InChI is InChI=1S/C9H17NO/c1-8-4-3-6-10(8)7-5-9(2)11/h8,11H,2-7H2,1H3/t8-/m1/s1. The van der Waals surface area contributed by atoms with E-state index in [-0.39, 0.29) is 0 Å². The lowest BCUT2D eigenvalue weighted by Gasteiger charge is -2.19. The average molecular weight is 155 g/mol. The molecule has 0 aromatic rings. The predicted molar refractivity (Wildman–Crippen MR) is 46.7 cm³/mol. The minimum absolute atomic E-state index is 0.309. The van der Waals surface area contributed by atoms with E-state index in [0.29, 0.717) is 11.8 Å². The quantitative estimate of drug-likeness (QED) is 0.629. The Labute approximate surface area is 68.5 Å². The molecule has 1 N–H and O–H groups in total. The Morgan fingerprint density at radius 3 is 2.91 bits per heavy atom. The Kier molecular flexibility index (Phi) is 2.94. The third-order valence-corrected chi connectivity index (χ3v) is 2.38. The van der Waals surface area contributed by atoms with E-state index in [1.807, 2.05) is 0 Å². The third kappa shape index (κ3) is 2.54. The zero-order valence-corrected chi connectivity index (χ0v) is 7.21. The van der Waals surface area contributed by atoms with Gasteiger partial charge in [-0.1, -0.05) is 6.58 Å². The number of aliphatic hydroxyl groups is 1. The van der Waals surface area contributed by atoms with E-state index in [0.717, 1.165) is 13.0 Å². The van der Waals surface area contributed by atoms with Crippen molar-refractivity contribution in [2.75, 3.05) is 13.1 Å². The van der Waals surface area contributed by atoms with Gasteiger partial charge in [-0.25, -0.2) is 0 Å². The zero-order valence-electron chi connectivity index (χ0n) is 7.21. The van der Waals surface area contributed by atoms with Gasteiger partial charge in [0.1, 0.15) is 0 Å². The van der Waals surface area contributed by atoms with E-state index in [1.54, 1.807) is 0 Å². The molecule has 1 heterocycles. The summed E-state index contributed by atoms with van der Waals surface area (Å²) >= 11 is 0. The van der Waals surface area contributed by atoms with E-state index in [4.69, 9.17) is 5.11 Å². The molecule has 1 aliphatic rings. The number of hydrogen-bond donors (Lipinski definition) is 1. The minimum atomic E-state index is 0.309. The van der Waals surface area contributed by atoms with Crippen LogP contribution in [0.5, 0.6) is 0 Å². The van der Waals surface area contributed by atoms with Gasteiger partial charge in [0, 0.05) is 19.0 Å². The molecule has 0 radical (unpaired) electrons. The third-order valence-electron chi connectivity index (χ3n) is 2.38. The fourth-order valence-electron chi connectivity index (χ4n) is 1.60. The van der Waals surface area contributed by atoms with Crippen LogP contribution in [0.3, 0.4) is 0 Å². The molecule has 2 nitrogen and oxygen atoms in total. The second-order valence-electron chi connectivity index (χ2n) is 3.34. The molecular formula is C9H17NO. The first-order chi connectivity index (χ1) is 5.20. The SMILES string of the molecule is C=C(O)CCN1CCC[C@H]1C. The van der Waals surface area contributed by atoms with Crippen LogP contribution in [-0.2, 0) is 0 Å². The maximum atomic E-state index is 8.88. The van der Waals surface area contributed by atoms with Gasteiger partial charge < -0.3 is 10.0 Å². The zero-order chi connectivity index (χ0) is 8.27. The van der Waals surface area contributed by atoms with Gasteiger partial charge >= 0.3 is 0 Å². The first-order valence-electron chi connectivity index (χ1n) is 4.31. The van der Waals surface area contributed by atoms with Gasteiger partial charge in [0.25, 0.3) is 0 Å². The summed E-state index contributed by atoms with van der Waals surface area (Å²) in [5.41, 5.74) is 0. The minimum Gasteiger partial charge on any atom is -0.513 e. The summed E-state index contributed by atoms with van der Waals surface area (Å²) in [4.78, 5) is 2.40. The van der Waals surface area contributed by atoms with Crippen LogP contribution in [0, 0.1) is 0 Å². The highest BCUT2D eigenvalue weighted by molar-refractivity contribution is 4.83. The van der Waals surface area contributed by atoms with E-state index < -0.39 is 0 Å². The molecule has 11 heavy (non-hydrogen) atoms. The number of hydrogen-bond acceptors (Lipinski definition) is 2. The molecule has 0 unspecified atom stereocenters. The molecule has 0 aromatic heterocycles. The molecule has 64 valence electrons. The van der Waals surface area contributed by atoms with Crippen molar-refractivity contribution < 1.29 is 5.11 Å². The Morgan fingerprint density at radius 2 is 2.45 bits per heavy atom. The average Bonchev–Trinajstić information content (AvgIpc) is 2.31. The fourth-order valence-corrected chi connectivity index (χ4v) is 1.60. The smallest absolute Gasteiger partial charge is 0.0863 e. The van der Waals surface area contributed by atoms with Crippen LogP contribution in [0.1, 0.15) is 26.2 Å². The van der Waals surface area contributed by atoms with Gasteiger partial charge in [-0.15, -0.1) is 0 Å². The van der Waals surface area contributed by atoms with Crippen molar-refractivity contribution in [2.45, 2.75) is 32.2 Å². The van der Waals surface area contributed by atoms with Crippen LogP contribution < -0.4 is 0 Å². The van der Waals surface area contributed by atoms with Crippen LogP contribution in [-0.4, -0.2) is 29.1 Å². The van der Waals surface area contributed by atoms with Crippen LogP contribution in [0.4, 0.5) is 0 Å². The van der Waals surface area contributed by atoms with Crippen molar-refractivity contribution in [3.05, 3.63) is 12.3 Å². The highest BCUT2D eigenvalue weighted by Crippen LogP contribution is 2.16. The van der Waals surface area contributed by atoms with Crippen molar-refractivity contribution in [3.8, 4) is 0 Å². The second-order valence-corrected chi connectivity index (χ2v) is 3.34. The molecule has 1 saturated heterocycles. The monoisotopic (exact) mass is 155 g/mol. The highest BCUT2D eigenvalue weighted by Gasteiger charge is 2.19. The van der Waals surface area contributed by atoms with Gasteiger partial charge in [-0.05, 0) is 26.3 Å². The van der Waals surface area contributed by atoms with Gasteiger partial charge in [0.15, 0.2) is 0 Å². The molecule has 2 heteroatoms. The summed E-state index contributed by atoms with van der Waals surface area (Å²) in [5, 5.41) is 8.88. The van der Waals surface area contributed by atoms with Crippen LogP contribution in [0.2, 0.25) is 0 Å². The van der Waals surface area contributed by atoms with Gasteiger partial charge in [0.05, 0.1) is 5.76 Å². The predicted octanol–water partition coefficient (Wildman–Crippen LogP) is 1.93. The van der Waals surface area contributed by atoms with E-state index in [9.17, 15) is 0 Å². The van der Waals surface area contributed by atoms with E-state index in [2.05, 4.69) is 18.4 Å². The molecule has 1 fully saturated rings. The molecular weight excluding hydrogens is 138 g/mol. The molecule has 0 amide bonds. The molecule has 1 aliphatic heterocycles. The number of likely N-dealkylation sites (tertiary alicyclic amines) is 1. The molecule has 0 aromatic carbocycles. The first-order valence-corrected chi connectivity index (χ1v) is 4.31. The molecule has 0 spiro atoms. The van der Waals surface area contributed by atoms with Crippen molar-refractivity contribution in [1.82, 2.24) is 4.90 Å². The summed E-state index contributed by atoms with van der Waals surface area (Å²) in [6.07, 6.45) is 3.33. The largest absolute Gasteiger partial charge is 0.513 e. The Bertz CT molecular complexity index is 144. The van der Waals surface area contributed by atoms with Crippen molar-refractivity contribution >= 4 is 0 Å². The Hall–Kier alpha value is -0.500. The Morgan fingerprint density at radius 1 is 1.73 bits per heavy atom. The van der Waals surface area contributed by atoms with Crippen molar-refractivity contribution in [1.29, 1.82) is 0 Å². The fraction of sp³-hybridized carbons (Fsp3) is 0.778. The molecule has 0 bridgehead atoms.